The fourth-order valence-corrected chi connectivity index (χ4v) is 2.52. The third-order valence-electron chi connectivity index (χ3n) is 2.94. The summed E-state index contributed by atoms with van der Waals surface area (Å²) in [5.41, 5.74) is 2.52. The van der Waals surface area contributed by atoms with Crippen LogP contribution in [-0.2, 0) is 13.1 Å². The van der Waals surface area contributed by atoms with Gasteiger partial charge in [0.2, 0.25) is 0 Å². The molecule has 2 rings (SSSR count). The maximum absolute atomic E-state index is 6.02. The van der Waals surface area contributed by atoms with Gasteiger partial charge in [-0.2, -0.15) is 0 Å². The molecule has 0 saturated heterocycles. The van der Waals surface area contributed by atoms with E-state index in [1.54, 1.807) is 0 Å². The molecule has 0 aliphatic rings. The smallest absolute Gasteiger partial charge is 0.0409 e. The first-order valence-electron chi connectivity index (χ1n) is 6.34. The summed E-state index contributed by atoms with van der Waals surface area (Å²) in [6, 6.07) is 18.4. The predicted octanol–water partition coefficient (Wildman–Crippen LogP) is 4.58. The lowest BCUT2D eigenvalue weighted by molar-refractivity contribution is 0.273. The van der Waals surface area contributed by atoms with Crippen LogP contribution in [0.4, 0.5) is 0 Å². The molecule has 100 valence electrons. The van der Waals surface area contributed by atoms with Crippen molar-refractivity contribution in [3.63, 3.8) is 0 Å². The zero-order valence-electron chi connectivity index (χ0n) is 10.7. The third kappa shape index (κ3) is 4.87. The van der Waals surface area contributed by atoms with Gasteiger partial charge in [-0.25, -0.2) is 0 Å². The van der Waals surface area contributed by atoms with E-state index in [1.807, 2.05) is 24.3 Å². The molecule has 0 heterocycles. The highest BCUT2D eigenvalue weighted by Gasteiger charge is 2.06. The van der Waals surface area contributed by atoms with Crippen LogP contribution in [0.1, 0.15) is 11.1 Å². The summed E-state index contributed by atoms with van der Waals surface area (Å²) in [5, 5.41) is 0.781. The van der Waals surface area contributed by atoms with Gasteiger partial charge >= 0.3 is 0 Å². The zero-order valence-corrected chi connectivity index (χ0v) is 12.2. The van der Waals surface area contributed by atoms with Crippen LogP contribution < -0.4 is 0 Å². The molecule has 3 heteroatoms. The molecule has 0 spiro atoms. The number of nitrogens with zero attached hydrogens (tertiary/aromatic N) is 1. The van der Waals surface area contributed by atoms with Crippen LogP contribution in [0, 0.1) is 0 Å². The topological polar surface area (TPSA) is 3.24 Å². The van der Waals surface area contributed by atoms with Crippen LogP contribution >= 0.6 is 23.2 Å². The Kier molecular flexibility index (Phi) is 5.71. The largest absolute Gasteiger partial charge is 0.294 e. The van der Waals surface area contributed by atoms with Crippen molar-refractivity contribution in [1.29, 1.82) is 0 Å². The molecule has 0 amide bonds. The van der Waals surface area contributed by atoms with E-state index in [9.17, 15) is 0 Å². The molecule has 0 aliphatic heterocycles. The van der Waals surface area contributed by atoms with Crippen molar-refractivity contribution in [1.82, 2.24) is 4.90 Å². The average molecular weight is 294 g/mol. The molecule has 0 aliphatic carbocycles. The first-order chi connectivity index (χ1) is 9.28. The fraction of sp³-hybridized carbons (Fsp3) is 0.250. The Labute approximate surface area is 124 Å². The van der Waals surface area contributed by atoms with Crippen LogP contribution in [0.15, 0.2) is 54.6 Å². The molecule has 19 heavy (non-hydrogen) atoms. The van der Waals surface area contributed by atoms with Gasteiger partial charge in [0.1, 0.15) is 0 Å². The molecule has 0 bridgehead atoms. The quantitative estimate of drug-likeness (QED) is 0.705. The van der Waals surface area contributed by atoms with Gasteiger partial charge in [-0.05, 0) is 23.3 Å². The van der Waals surface area contributed by atoms with Crippen molar-refractivity contribution >= 4 is 23.2 Å². The van der Waals surface area contributed by atoms with Crippen molar-refractivity contribution in [3.05, 3.63) is 70.7 Å². The maximum atomic E-state index is 6.02. The molecule has 0 N–H and O–H groups in total. The minimum absolute atomic E-state index is 0.632. The van der Waals surface area contributed by atoms with Gasteiger partial charge in [-0.1, -0.05) is 54.1 Å². The van der Waals surface area contributed by atoms with Gasteiger partial charge < -0.3 is 0 Å². The molecule has 0 saturated carbocycles. The molecule has 0 fully saturated rings. The lowest BCUT2D eigenvalue weighted by Crippen LogP contribution is -2.24. The van der Waals surface area contributed by atoms with Crippen molar-refractivity contribution in [2.75, 3.05) is 12.4 Å². The summed E-state index contributed by atoms with van der Waals surface area (Å²) in [4.78, 5) is 2.33. The summed E-state index contributed by atoms with van der Waals surface area (Å²) >= 11 is 11.9. The first-order valence-corrected chi connectivity index (χ1v) is 7.26. The van der Waals surface area contributed by atoms with E-state index in [0.29, 0.717) is 5.88 Å². The van der Waals surface area contributed by atoms with Gasteiger partial charge in [-0.3, -0.25) is 4.90 Å². The highest BCUT2D eigenvalue weighted by Crippen LogP contribution is 2.14. The van der Waals surface area contributed by atoms with E-state index < -0.39 is 0 Å². The lowest BCUT2D eigenvalue weighted by Gasteiger charge is -2.21. The Hall–Kier alpha value is -1.02. The fourth-order valence-electron chi connectivity index (χ4n) is 2.07. The van der Waals surface area contributed by atoms with Gasteiger partial charge in [0.15, 0.2) is 0 Å². The van der Waals surface area contributed by atoms with Crippen LogP contribution in [0.5, 0.6) is 0 Å². The zero-order chi connectivity index (χ0) is 13.5. The normalized spacial score (nSPS) is 10.9. The molecule has 2 aromatic carbocycles. The number of benzene rings is 2. The molecular formula is C16H17Cl2N. The van der Waals surface area contributed by atoms with Crippen LogP contribution in [0.25, 0.3) is 0 Å². The van der Waals surface area contributed by atoms with E-state index in [4.69, 9.17) is 23.2 Å². The number of hydrogen-bond acceptors (Lipinski definition) is 1. The van der Waals surface area contributed by atoms with Crippen LogP contribution in [0.2, 0.25) is 5.02 Å². The number of halogens is 2. The van der Waals surface area contributed by atoms with Gasteiger partial charge in [0, 0.05) is 30.5 Å². The number of rotatable bonds is 6. The summed E-state index contributed by atoms with van der Waals surface area (Å²) in [5.74, 6) is 0.632. The Morgan fingerprint density at radius 2 is 1.53 bits per heavy atom. The first kappa shape index (κ1) is 14.4. The highest BCUT2D eigenvalue weighted by molar-refractivity contribution is 6.30. The standard InChI is InChI=1S/C16H17Cl2N/c17-9-10-19(12-14-5-2-1-3-6-14)13-15-7-4-8-16(18)11-15/h1-8,11H,9-10,12-13H2. The van der Waals surface area contributed by atoms with Gasteiger partial charge in [-0.15, -0.1) is 11.6 Å². The van der Waals surface area contributed by atoms with Crippen molar-refractivity contribution in [2.45, 2.75) is 13.1 Å². The molecule has 0 aromatic heterocycles. The predicted molar refractivity (Wildman–Crippen MR) is 82.7 cm³/mol. The Morgan fingerprint density at radius 1 is 0.842 bits per heavy atom. The van der Waals surface area contributed by atoms with E-state index in [-0.39, 0.29) is 0 Å². The summed E-state index contributed by atoms with van der Waals surface area (Å²) in [7, 11) is 0. The molecule has 0 atom stereocenters. The molecule has 1 nitrogen and oxygen atoms in total. The maximum Gasteiger partial charge on any atom is 0.0409 e. The molecule has 0 radical (unpaired) electrons. The minimum atomic E-state index is 0.632. The second kappa shape index (κ2) is 7.54. The Balaban J connectivity index is 2.04. The molecular weight excluding hydrogens is 277 g/mol. The van der Waals surface area contributed by atoms with Gasteiger partial charge in [0.05, 0.1) is 0 Å². The van der Waals surface area contributed by atoms with E-state index in [0.717, 1.165) is 24.7 Å². The van der Waals surface area contributed by atoms with E-state index in [2.05, 4.69) is 35.2 Å². The SMILES string of the molecule is ClCCN(Cc1ccccc1)Cc1cccc(Cl)c1. The third-order valence-corrected chi connectivity index (χ3v) is 3.35. The summed E-state index contributed by atoms with van der Waals surface area (Å²) < 4.78 is 0. The minimum Gasteiger partial charge on any atom is -0.294 e. The molecule has 0 unspecified atom stereocenters. The van der Waals surface area contributed by atoms with Crippen molar-refractivity contribution < 1.29 is 0 Å². The van der Waals surface area contributed by atoms with Crippen molar-refractivity contribution in [3.8, 4) is 0 Å². The monoisotopic (exact) mass is 293 g/mol. The average Bonchev–Trinajstić information content (AvgIpc) is 2.40. The van der Waals surface area contributed by atoms with Crippen LogP contribution in [-0.4, -0.2) is 17.3 Å². The van der Waals surface area contributed by atoms with Crippen molar-refractivity contribution in [2.24, 2.45) is 0 Å². The lowest BCUT2D eigenvalue weighted by atomic mass is 10.1. The summed E-state index contributed by atoms with van der Waals surface area (Å²) in [6.45, 7) is 2.63. The Morgan fingerprint density at radius 3 is 2.21 bits per heavy atom. The molecule has 2 aromatic rings. The Bertz CT molecular complexity index is 499. The van der Waals surface area contributed by atoms with Crippen LogP contribution in [0.3, 0.4) is 0 Å². The van der Waals surface area contributed by atoms with E-state index in [1.165, 1.54) is 11.1 Å². The number of hydrogen-bond donors (Lipinski definition) is 0. The highest BCUT2D eigenvalue weighted by atomic mass is 35.5. The second-order valence-corrected chi connectivity index (χ2v) is 5.33. The second-order valence-electron chi connectivity index (χ2n) is 4.52. The van der Waals surface area contributed by atoms with Gasteiger partial charge in [0.25, 0.3) is 0 Å². The number of alkyl halides is 1. The summed E-state index contributed by atoms with van der Waals surface area (Å²) in [6.07, 6.45) is 0. The van der Waals surface area contributed by atoms with E-state index >= 15 is 0 Å².